The molecule has 2 fully saturated rings. The van der Waals surface area contributed by atoms with Gasteiger partial charge >= 0.3 is 5.97 Å². The van der Waals surface area contributed by atoms with E-state index in [1.165, 1.54) is 18.4 Å². The first kappa shape index (κ1) is 19.0. The number of ether oxygens (including phenoxy) is 2. The lowest BCUT2D eigenvalue weighted by atomic mass is 9.60. The van der Waals surface area contributed by atoms with Crippen LogP contribution in [0.5, 0.6) is 5.75 Å². The lowest BCUT2D eigenvalue weighted by molar-refractivity contribution is -0.182. The number of unbranched alkanes of at least 4 members (excludes halogenated alkanes) is 2. The van der Waals surface area contributed by atoms with E-state index in [0.717, 1.165) is 43.5 Å². The summed E-state index contributed by atoms with van der Waals surface area (Å²) >= 11 is 0. The normalized spacial score (nSPS) is 25.2. The first-order chi connectivity index (χ1) is 12.6. The van der Waals surface area contributed by atoms with Gasteiger partial charge in [0.1, 0.15) is 5.75 Å². The molecule has 4 nitrogen and oxygen atoms in total. The summed E-state index contributed by atoms with van der Waals surface area (Å²) in [6.07, 6.45) is 8.44. The molecule has 2 aliphatic rings. The monoisotopic (exact) mass is 357 g/mol. The molecule has 1 aliphatic heterocycles. The van der Waals surface area contributed by atoms with Crippen molar-refractivity contribution >= 4 is 12.0 Å². The maximum absolute atomic E-state index is 12.3. The number of esters is 1. The van der Waals surface area contributed by atoms with Gasteiger partial charge in [0, 0.05) is 17.5 Å². The number of carbonyl (C=O) groups excluding carboxylic acids is 1. The van der Waals surface area contributed by atoms with Crippen LogP contribution < -0.4 is 10.1 Å². The first-order valence-corrected chi connectivity index (χ1v) is 9.84. The third-order valence-electron chi connectivity index (χ3n) is 5.73. The standard InChI is InChI=1S/C22H31NO3/c1-4-5-6-9-16(2)20(24)26-21-22(15-23-21)13-17(14-22)12-18-10-7-8-11-19(18)25-3/h7-8,10-12,16,21,23H,4-6,9,13-15H2,1-3H3. The van der Waals surface area contributed by atoms with Gasteiger partial charge in [0.15, 0.2) is 6.23 Å². The highest BCUT2D eigenvalue weighted by Crippen LogP contribution is 2.53. The Balaban J connectivity index is 1.52. The highest BCUT2D eigenvalue weighted by atomic mass is 16.6. The molecule has 1 aromatic carbocycles. The van der Waals surface area contributed by atoms with Gasteiger partial charge in [-0.15, -0.1) is 0 Å². The van der Waals surface area contributed by atoms with E-state index in [2.05, 4.69) is 24.4 Å². The number of hydrogen-bond donors (Lipinski definition) is 1. The van der Waals surface area contributed by atoms with E-state index in [9.17, 15) is 4.79 Å². The molecule has 26 heavy (non-hydrogen) atoms. The minimum atomic E-state index is -0.126. The van der Waals surface area contributed by atoms with Crippen molar-refractivity contribution in [3.05, 3.63) is 35.4 Å². The largest absolute Gasteiger partial charge is 0.496 e. The molecule has 0 radical (unpaired) electrons. The Bertz CT molecular complexity index is 659. The molecule has 0 bridgehead atoms. The van der Waals surface area contributed by atoms with Crippen molar-refractivity contribution in [2.24, 2.45) is 11.3 Å². The second-order valence-corrected chi connectivity index (χ2v) is 7.86. The van der Waals surface area contributed by atoms with E-state index in [4.69, 9.17) is 9.47 Å². The van der Waals surface area contributed by atoms with Gasteiger partial charge in [0.25, 0.3) is 0 Å². The maximum Gasteiger partial charge on any atom is 0.310 e. The van der Waals surface area contributed by atoms with E-state index in [1.54, 1.807) is 7.11 Å². The van der Waals surface area contributed by atoms with Gasteiger partial charge in [-0.2, -0.15) is 0 Å². The van der Waals surface area contributed by atoms with E-state index in [1.807, 2.05) is 25.1 Å². The number of rotatable bonds is 8. The number of para-hydroxylation sites is 1. The van der Waals surface area contributed by atoms with Gasteiger partial charge < -0.3 is 9.47 Å². The molecule has 0 amide bonds. The molecule has 4 heteroatoms. The Morgan fingerprint density at radius 1 is 1.35 bits per heavy atom. The summed E-state index contributed by atoms with van der Waals surface area (Å²) in [7, 11) is 1.70. The molecule has 3 rings (SSSR count). The van der Waals surface area contributed by atoms with Crippen LogP contribution in [-0.2, 0) is 9.53 Å². The molecular formula is C22H31NO3. The molecule has 1 N–H and O–H groups in total. The molecule has 1 saturated heterocycles. The Morgan fingerprint density at radius 3 is 2.77 bits per heavy atom. The van der Waals surface area contributed by atoms with Gasteiger partial charge in [-0.3, -0.25) is 10.1 Å². The predicted octanol–water partition coefficient (Wildman–Crippen LogP) is 4.55. The fourth-order valence-corrected chi connectivity index (χ4v) is 3.96. The molecule has 2 unspecified atom stereocenters. The second-order valence-electron chi connectivity index (χ2n) is 7.86. The molecule has 1 aromatic rings. The van der Waals surface area contributed by atoms with Crippen molar-refractivity contribution in [1.82, 2.24) is 5.32 Å². The SMILES string of the molecule is CCCCCC(C)C(=O)OC1NCC12CC(=Cc1ccccc1OC)C2. The third kappa shape index (κ3) is 3.96. The predicted molar refractivity (Wildman–Crippen MR) is 104 cm³/mol. The lowest BCUT2D eigenvalue weighted by Crippen LogP contribution is -2.67. The molecule has 2 atom stereocenters. The van der Waals surface area contributed by atoms with Crippen LogP contribution in [0.1, 0.15) is 57.9 Å². The zero-order chi connectivity index (χ0) is 18.6. The van der Waals surface area contributed by atoms with Gasteiger partial charge in [0.2, 0.25) is 0 Å². The fourth-order valence-electron chi connectivity index (χ4n) is 3.96. The smallest absolute Gasteiger partial charge is 0.310 e. The van der Waals surface area contributed by atoms with Crippen molar-refractivity contribution in [2.75, 3.05) is 13.7 Å². The number of methoxy groups -OCH3 is 1. The zero-order valence-electron chi connectivity index (χ0n) is 16.2. The maximum atomic E-state index is 12.3. The Kier molecular flexibility index (Phi) is 6.02. The van der Waals surface area contributed by atoms with E-state index >= 15 is 0 Å². The first-order valence-electron chi connectivity index (χ1n) is 9.84. The molecule has 142 valence electrons. The summed E-state index contributed by atoms with van der Waals surface area (Å²) < 4.78 is 11.2. The Labute approximate surface area is 157 Å². The topological polar surface area (TPSA) is 47.6 Å². The van der Waals surface area contributed by atoms with Crippen molar-refractivity contribution in [2.45, 2.75) is 58.6 Å². The second kappa shape index (κ2) is 8.26. The van der Waals surface area contributed by atoms with Gasteiger partial charge in [-0.25, -0.2) is 0 Å². The van der Waals surface area contributed by atoms with Crippen molar-refractivity contribution in [1.29, 1.82) is 0 Å². The molecule has 1 saturated carbocycles. The number of allylic oxidation sites excluding steroid dienone is 1. The quantitative estimate of drug-likeness (QED) is 0.548. The van der Waals surface area contributed by atoms with E-state index < -0.39 is 0 Å². The third-order valence-corrected chi connectivity index (χ3v) is 5.73. The van der Waals surface area contributed by atoms with E-state index in [-0.39, 0.29) is 23.5 Å². The summed E-state index contributed by atoms with van der Waals surface area (Å²) in [4.78, 5) is 12.3. The summed E-state index contributed by atoms with van der Waals surface area (Å²) in [5.41, 5.74) is 2.62. The minimum Gasteiger partial charge on any atom is -0.496 e. The Morgan fingerprint density at radius 2 is 2.12 bits per heavy atom. The molecule has 1 heterocycles. The summed E-state index contributed by atoms with van der Waals surface area (Å²) in [6, 6.07) is 8.07. The average molecular weight is 357 g/mol. The van der Waals surface area contributed by atoms with Crippen LogP contribution in [0.4, 0.5) is 0 Å². The van der Waals surface area contributed by atoms with Gasteiger partial charge in [0.05, 0.1) is 13.0 Å². The van der Waals surface area contributed by atoms with Crippen LogP contribution in [0.25, 0.3) is 6.08 Å². The van der Waals surface area contributed by atoms with Crippen LogP contribution >= 0.6 is 0 Å². The highest BCUT2D eigenvalue weighted by molar-refractivity contribution is 5.72. The van der Waals surface area contributed by atoms with Gasteiger partial charge in [-0.1, -0.05) is 63.0 Å². The van der Waals surface area contributed by atoms with Crippen LogP contribution in [0.3, 0.4) is 0 Å². The van der Waals surface area contributed by atoms with Crippen molar-refractivity contribution in [3.63, 3.8) is 0 Å². The summed E-state index contributed by atoms with van der Waals surface area (Å²) in [6.45, 7) is 5.09. The van der Waals surface area contributed by atoms with Crippen LogP contribution in [0, 0.1) is 11.3 Å². The average Bonchev–Trinajstić information content (AvgIpc) is 2.61. The molecular weight excluding hydrogens is 326 g/mol. The number of carbonyl (C=O) groups is 1. The van der Waals surface area contributed by atoms with E-state index in [0.29, 0.717) is 0 Å². The highest BCUT2D eigenvalue weighted by Gasteiger charge is 2.55. The molecule has 1 aliphatic carbocycles. The number of nitrogens with one attached hydrogen (secondary N) is 1. The minimum absolute atomic E-state index is 0.00957. The number of hydrogen-bond acceptors (Lipinski definition) is 4. The number of benzene rings is 1. The summed E-state index contributed by atoms with van der Waals surface area (Å²) in [5.74, 6) is 0.834. The van der Waals surface area contributed by atoms with Gasteiger partial charge in [-0.05, 0) is 25.3 Å². The Hall–Kier alpha value is -1.81. The molecule has 1 spiro atoms. The lowest BCUT2D eigenvalue weighted by Gasteiger charge is -2.56. The van der Waals surface area contributed by atoms with Crippen LogP contribution in [0.2, 0.25) is 0 Å². The fraction of sp³-hybridized carbons (Fsp3) is 0.591. The molecule has 0 aromatic heterocycles. The van der Waals surface area contributed by atoms with Crippen molar-refractivity contribution in [3.8, 4) is 5.75 Å². The van der Waals surface area contributed by atoms with Crippen molar-refractivity contribution < 1.29 is 14.3 Å². The van der Waals surface area contributed by atoms with Crippen LogP contribution in [-0.4, -0.2) is 25.9 Å². The van der Waals surface area contributed by atoms with Crippen LogP contribution in [0.15, 0.2) is 29.8 Å². The zero-order valence-corrected chi connectivity index (χ0v) is 16.2. The summed E-state index contributed by atoms with van der Waals surface area (Å²) in [5, 5.41) is 3.30.